The van der Waals surface area contributed by atoms with Gasteiger partial charge in [-0.2, -0.15) is 13.2 Å². The molecule has 21 heavy (non-hydrogen) atoms. The second-order valence-electron chi connectivity index (χ2n) is 4.62. The molecule has 0 saturated carbocycles. The second kappa shape index (κ2) is 5.04. The quantitative estimate of drug-likeness (QED) is 0.707. The smallest absolute Gasteiger partial charge is 0.352 e. The van der Waals surface area contributed by atoms with Crippen molar-refractivity contribution in [1.82, 2.24) is 4.98 Å². The highest BCUT2D eigenvalue weighted by Crippen LogP contribution is 2.31. The molecule has 0 aliphatic carbocycles. The molecule has 0 saturated heterocycles. The zero-order valence-corrected chi connectivity index (χ0v) is 11.5. The van der Waals surface area contributed by atoms with Crippen LogP contribution in [-0.2, 0) is 6.42 Å². The lowest BCUT2D eigenvalue weighted by Gasteiger charge is -2.07. The Morgan fingerprint density at radius 2 is 1.90 bits per heavy atom. The van der Waals surface area contributed by atoms with Crippen LogP contribution in [0.3, 0.4) is 0 Å². The summed E-state index contributed by atoms with van der Waals surface area (Å²) in [6.07, 6.45) is -5.49. The highest BCUT2D eigenvalue weighted by molar-refractivity contribution is 7.12. The molecule has 1 aromatic carbocycles. The molecule has 0 atom stereocenters. The molecule has 6 heteroatoms. The molecule has 0 fully saturated rings. The maximum atomic E-state index is 12.8. The van der Waals surface area contributed by atoms with Crippen molar-refractivity contribution in [3.05, 3.63) is 57.9 Å². The third-order valence-electron chi connectivity index (χ3n) is 3.16. The number of aromatic amines is 1. The Kier molecular flexibility index (Phi) is 3.33. The van der Waals surface area contributed by atoms with Gasteiger partial charge in [-0.25, -0.2) is 0 Å². The average Bonchev–Trinajstić information content (AvgIpc) is 3.05. The van der Waals surface area contributed by atoms with Crippen molar-refractivity contribution in [2.24, 2.45) is 0 Å². The number of para-hydroxylation sites is 1. The Hall–Kier alpha value is -2.08. The predicted molar refractivity (Wildman–Crippen MR) is 75.8 cm³/mol. The Labute approximate surface area is 122 Å². The Morgan fingerprint density at radius 3 is 2.57 bits per heavy atom. The third-order valence-corrected chi connectivity index (χ3v) is 4.03. The van der Waals surface area contributed by atoms with Gasteiger partial charge < -0.3 is 4.98 Å². The van der Waals surface area contributed by atoms with E-state index >= 15 is 0 Å². The van der Waals surface area contributed by atoms with E-state index in [1.165, 1.54) is 11.3 Å². The van der Waals surface area contributed by atoms with Crippen molar-refractivity contribution in [3.63, 3.8) is 0 Å². The number of hydrogen-bond acceptors (Lipinski definition) is 2. The fourth-order valence-electron chi connectivity index (χ4n) is 2.31. The topological polar surface area (TPSA) is 32.9 Å². The van der Waals surface area contributed by atoms with E-state index in [-0.39, 0.29) is 11.3 Å². The van der Waals surface area contributed by atoms with E-state index in [0.29, 0.717) is 15.8 Å². The Morgan fingerprint density at radius 1 is 1.14 bits per heavy atom. The summed E-state index contributed by atoms with van der Waals surface area (Å²) in [4.78, 5) is 15.6. The molecule has 3 aromatic rings. The van der Waals surface area contributed by atoms with Crippen LogP contribution in [0.2, 0.25) is 0 Å². The highest BCUT2D eigenvalue weighted by Gasteiger charge is 2.32. The molecule has 3 rings (SSSR count). The van der Waals surface area contributed by atoms with Gasteiger partial charge >= 0.3 is 6.18 Å². The first kappa shape index (κ1) is 13.9. The minimum atomic E-state index is -4.37. The SMILES string of the molecule is O=C(c1cccs1)c1[nH]c2ccccc2c1CC(F)(F)F. The van der Waals surface area contributed by atoms with Gasteiger partial charge in [0.1, 0.15) is 0 Å². The number of thiophene rings is 1. The Bertz CT molecular complexity index is 787. The average molecular weight is 309 g/mol. The number of carbonyl (C=O) groups excluding carboxylic acids is 1. The normalized spacial score (nSPS) is 12.0. The highest BCUT2D eigenvalue weighted by atomic mass is 32.1. The second-order valence-corrected chi connectivity index (χ2v) is 5.57. The molecule has 2 heterocycles. The van der Waals surface area contributed by atoms with Crippen LogP contribution in [0, 0.1) is 0 Å². The molecule has 1 N–H and O–H groups in total. The van der Waals surface area contributed by atoms with E-state index in [1.807, 2.05) is 0 Å². The van der Waals surface area contributed by atoms with Crippen LogP contribution in [0.1, 0.15) is 20.9 Å². The molecule has 0 spiro atoms. The van der Waals surface area contributed by atoms with E-state index in [0.717, 1.165) is 0 Å². The standard InChI is InChI=1S/C15H10F3NOS/c16-15(17,18)8-10-9-4-1-2-5-11(9)19-13(10)14(20)12-6-3-7-21-12/h1-7,19H,8H2. The van der Waals surface area contributed by atoms with Crippen molar-refractivity contribution >= 4 is 28.0 Å². The summed E-state index contributed by atoms with van der Waals surface area (Å²) in [6, 6.07) is 9.95. The van der Waals surface area contributed by atoms with Gasteiger partial charge in [-0.05, 0) is 23.1 Å². The lowest BCUT2D eigenvalue weighted by molar-refractivity contribution is -0.127. The number of rotatable bonds is 3. The van der Waals surface area contributed by atoms with E-state index in [9.17, 15) is 18.0 Å². The number of alkyl halides is 3. The van der Waals surface area contributed by atoms with Gasteiger partial charge in [0.15, 0.2) is 0 Å². The van der Waals surface area contributed by atoms with Crippen molar-refractivity contribution in [1.29, 1.82) is 0 Å². The van der Waals surface area contributed by atoms with Crippen LogP contribution in [-0.4, -0.2) is 16.9 Å². The summed E-state index contributed by atoms with van der Waals surface area (Å²) >= 11 is 1.21. The van der Waals surface area contributed by atoms with Gasteiger partial charge in [0.05, 0.1) is 17.0 Å². The van der Waals surface area contributed by atoms with Crippen LogP contribution in [0.25, 0.3) is 10.9 Å². The molecular formula is C15H10F3NOS. The molecule has 0 radical (unpaired) electrons. The fourth-order valence-corrected chi connectivity index (χ4v) is 2.98. The van der Waals surface area contributed by atoms with Gasteiger partial charge in [-0.1, -0.05) is 24.3 Å². The number of ketones is 1. The van der Waals surface area contributed by atoms with Crippen molar-refractivity contribution in [3.8, 4) is 0 Å². The summed E-state index contributed by atoms with van der Waals surface area (Å²) in [6.45, 7) is 0. The summed E-state index contributed by atoms with van der Waals surface area (Å²) in [5, 5.41) is 2.16. The largest absolute Gasteiger partial charge is 0.393 e. The van der Waals surface area contributed by atoms with E-state index in [4.69, 9.17) is 0 Å². The molecule has 2 nitrogen and oxygen atoms in total. The van der Waals surface area contributed by atoms with E-state index < -0.39 is 18.4 Å². The van der Waals surface area contributed by atoms with Crippen molar-refractivity contribution < 1.29 is 18.0 Å². The summed E-state index contributed by atoms with van der Waals surface area (Å²) in [7, 11) is 0. The van der Waals surface area contributed by atoms with Gasteiger partial charge in [0.25, 0.3) is 0 Å². The van der Waals surface area contributed by atoms with Gasteiger partial charge in [-0.3, -0.25) is 4.79 Å². The van der Waals surface area contributed by atoms with E-state index in [1.54, 1.807) is 41.8 Å². The minimum Gasteiger partial charge on any atom is -0.352 e. The number of carbonyl (C=O) groups is 1. The fraction of sp³-hybridized carbons (Fsp3) is 0.133. The van der Waals surface area contributed by atoms with E-state index in [2.05, 4.69) is 4.98 Å². The number of fused-ring (bicyclic) bond motifs is 1. The molecule has 0 bridgehead atoms. The summed E-state index contributed by atoms with van der Waals surface area (Å²) < 4.78 is 38.4. The maximum Gasteiger partial charge on any atom is 0.393 e. The molecule has 0 unspecified atom stereocenters. The number of benzene rings is 1. The summed E-state index contributed by atoms with van der Waals surface area (Å²) in [5.74, 6) is -0.402. The minimum absolute atomic E-state index is 0.0106. The number of nitrogens with one attached hydrogen (secondary N) is 1. The molecule has 0 aliphatic heterocycles. The van der Waals surface area contributed by atoms with Gasteiger partial charge in [-0.15, -0.1) is 11.3 Å². The van der Waals surface area contributed by atoms with Crippen LogP contribution in [0.15, 0.2) is 41.8 Å². The number of H-pyrrole nitrogens is 1. The maximum absolute atomic E-state index is 12.8. The molecule has 0 amide bonds. The first-order valence-corrected chi connectivity index (χ1v) is 7.08. The number of aromatic nitrogens is 1. The first-order valence-electron chi connectivity index (χ1n) is 6.20. The molecular weight excluding hydrogens is 299 g/mol. The number of hydrogen-bond donors (Lipinski definition) is 1. The van der Waals surface area contributed by atoms with Crippen molar-refractivity contribution in [2.45, 2.75) is 12.6 Å². The van der Waals surface area contributed by atoms with Gasteiger partial charge in [0.2, 0.25) is 5.78 Å². The molecule has 2 aromatic heterocycles. The zero-order chi connectivity index (χ0) is 15.0. The van der Waals surface area contributed by atoms with Crippen LogP contribution < -0.4 is 0 Å². The predicted octanol–water partition coefficient (Wildman–Crippen LogP) is 4.57. The van der Waals surface area contributed by atoms with Crippen LogP contribution in [0.4, 0.5) is 13.2 Å². The third kappa shape index (κ3) is 2.71. The number of halogens is 3. The molecule has 108 valence electrons. The van der Waals surface area contributed by atoms with Crippen LogP contribution >= 0.6 is 11.3 Å². The molecule has 0 aliphatic rings. The zero-order valence-electron chi connectivity index (χ0n) is 10.7. The lowest BCUT2D eigenvalue weighted by Crippen LogP contribution is -2.14. The Balaban J connectivity index is 2.17. The van der Waals surface area contributed by atoms with Crippen LogP contribution in [0.5, 0.6) is 0 Å². The van der Waals surface area contributed by atoms with Gasteiger partial charge in [0, 0.05) is 10.9 Å². The summed E-state index contributed by atoms with van der Waals surface area (Å²) in [5.41, 5.74) is 0.573. The first-order chi connectivity index (χ1) is 9.96. The monoisotopic (exact) mass is 309 g/mol. The lowest BCUT2D eigenvalue weighted by atomic mass is 10.0. The van der Waals surface area contributed by atoms with Crippen molar-refractivity contribution in [2.75, 3.05) is 0 Å².